The van der Waals surface area contributed by atoms with Gasteiger partial charge in [-0.05, 0) is 36.6 Å². The van der Waals surface area contributed by atoms with Crippen LogP contribution >= 0.6 is 0 Å². The van der Waals surface area contributed by atoms with Gasteiger partial charge in [-0.3, -0.25) is 9.59 Å². The molecule has 1 atom stereocenters. The molecule has 2 aromatic carbocycles. The Balaban J connectivity index is 1.77. The van der Waals surface area contributed by atoms with Gasteiger partial charge < -0.3 is 15.4 Å². The van der Waals surface area contributed by atoms with Gasteiger partial charge in [-0.1, -0.05) is 50.2 Å². The van der Waals surface area contributed by atoms with E-state index in [0.29, 0.717) is 24.6 Å². The van der Waals surface area contributed by atoms with Crippen molar-refractivity contribution in [2.24, 2.45) is 0 Å². The van der Waals surface area contributed by atoms with Crippen molar-refractivity contribution in [3.05, 3.63) is 65.7 Å². The van der Waals surface area contributed by atoms with Gasteiger partial charge in [-0.25, -0.2) is 0 Å². The van der Waals surface area contributed by atoms with Crippen molar-refractivity contribution in [1.29, 1.82) is 0 Å². The fourth-order valence-corrected chi connectivity index (χ4v) is 2.51. The summed E-state index contributed by atoms with van der Waals surface area (Å²) in [6.07, 6.45) is -0.611. The van der Waals surface area contributed by atoms with Crippen molar-refractivity contribution in [1.82, 2.24) is 10.6 Å². The summed E-state index contributed by atoms with van der Waals surface area (Å²) < 4.78 is 5.82. The van der Waals surface area contributed by atoms with Crippen LogP contribution < -0.4 is 15.4 Å². The lowest BCUT2D eigenvalue weighted by Gasteiger charge is -2.18. The van der Waals surface area contributed by atoms with Crippen molar-refractivity contribution in [2.75, 3.05) is 13.1 Å². The number of nitrogens with one attached hydrogen (secondary N) is 2. The lowest BCUT2D eigenvalue weighted by molar-refractivity contribution is -0.127. The zero-order valence-electron chi connectivity index (χ0n) is 15.5. The maximum atomic E-state index is 12.2. The number of rotatable bonds is 8. The van der Waals surface area contributed by atoms with Crippen molar-refractivity contribution < 1.29 is 14.3 Å². The molecule has 2 rings (SSSR count). The number of hydrogen-bond acceptors (Lipinski definition) is 3. The number of benzene rings is 2. The molecule has 0 aliphatic rings. The lowest BCUT2D eigenvalue weighted by atomic mass is 10.0. The summed E-state index contributed by atoms with van der Waals surface area (Å²) in [5.41, 5.74) is 1.67. The molecular formula is C21H26N2O3. The van der Waals surface area contributed by atoms with E-state index in [-0.39, 0.29) is 11.8 Å². The van der Waals surface area contributed by atoms with Gasteiger partial charge in [-0.2, -0.15) is 0 Å². The topological polar surface area (TPSA) is 67.4 Å². The molecule has 5 heteroatoms. The second-order valence-electron chi connectivity index (χ2n) is 6.37. The minimum atomic E-state index is -0.611. The molecule has 0 fully saturated rings. The molecule has 0 radical (unpaired) electrons. The van der Waals surface area contributed by atoms with Crippen LogP contribution in [0, 0.1) is 0 Å². The first kappa shape index (κ1) is 19.5. The second kappa shape index (κ2) is 9.61. The normalized spacial score (nSPS) is 11.7. The van der Waals surface area contributed by atoms with Crippen LogP contribution in [-0.2, 0) is 4.79 Å². The predicted octanol–water partition coefficient (Wildman–Crippen LogP) is 3.12. The quantitative estimate of drug-likeness (QED) is 0.716. The molecule has 0 aliphatic carbocycles. The highest BCUT2D eigenvalue weighted by Gasteiger charge is 2.16. The van der Waals surface area contributed by atoms with E-state index in [1.54, 1.807) is 19.1 Å². The van der Waals surface area contributed by atoms with Crippen molar-refractivity contribution in [3.63, 3.8) is 0 Å². The summed E-state index contributed by atoms with van der Waals surface area (Å²) in [6.45, 7) is 6.59. The highest BCUT2D eigenvalue weighted by Crippen LogP contribution is 2.26. The van der Waals surface area contributed by atoms with E-state index in [9.17, 15) is 9.59 Å². The van der Waals surface area contributed by atoms with Gasteiger partial charge in [0.25, 0.3) is 11.8 Å². The van der Waals surface area contributed by atoms with E-state index in [1.807, 2.05) is 42.5 Å². The molecule has 2 amide bonds. The fraction of sp³-hybridized carbons (Fsp3) is 0.333. The zero-order chi connectivity index (χ0) is 18.9. The summed E-state index contributed by atoms with van der Waals surface area (Å²) in [5.74, 6) is 0.671. The standard InChI is InChI=1S/C21H26N2O3/c1-15(2)18-11-7-8-12-19(18)26-16(3)20(24)22-13-14-23-21(25)17-9-5-4-6-10-17/h4-12,15-16H,13-14H2,1-3H3,(H,22,24)(H,23,25). The van der Waals surface area contributed by atoms with E-state index in [1.165, 1.54) is 0 Å². The van der Waals surface area contributed by atoms with Crippen molar-refractivity contribution in [3.8, 4) is 5.75 Å². The second-order valence-corrected chi connectivity index (χ2v) is 6.37. The molecule has 2 aromatic rings. The molecule has 1 unspecified atom stereocenters. The van der Waals surface area contributed by atoms with Crippen LogP contribution in [0.25, 0.3) is 0 Å². The van der Waals surface area contributed by atoms with Crippen LogP contribution in [0.1, 0.15) is 42.6 Å². The summed E-state index contributed by atoms with van der Waals surface area (Å²) in [4.78, 5) is 24.1. The number of carbonyl (C=O) groups is 2. The molecule has 0 saturated heterocycles. The van der Waals surface area contributed by atoms with Crippen molar-refractivity contribution >= 4 is 11.8 Å². The van der Waals surface area contributed by atoms with E-state index >= 15 is 0 Å². The number of para-hydroxylation sites is 1. The first-order chi connectivity index (χ1) is 12.5. The lowest BCUT2D eigenvalue weighted by Crippen LogP contribution is -2.40. The number of hydrogen-bond donors (Lipinski definition) is 2. The molecule has 26 heavy (non-hydrogen) atoms. The smallest absolute Gasteiger partial charge is 0.260 e. The Morgan fingerprint density at radius 3 is 2.19 bits per heavy atom. The van der Waals surface area contributed by atoms with Gasteiger partial charge in [0.2, 0.25) is 0 Å². The SMILES string of the molecule is CC(Oc1ccccc1C(C)C)C(=O)NCCNC(=O)c1ccccc1. The van der Waals surface area contributed by atoms with Crippen LogP contribution in [-0.4, -0.2) is 31.0 Å². The monoisotopic (exact) mass is 354 g/mol. The third-order valence-electron chi connectivity index (χ3n) is 3.96. The number of amides is 2. The molecule has 0 saturated carbocycles. The highest BCUT2D eigenvalue weighted by molar-refractivity contribution is 5.94. The molecular weight excluding hydrogens is 328 g/mol. The average molecular weight is 354 g/mol. The van der Waals surface area contributed by atoms with E-state index in [2.05, 4.69) is 24.5 Å². The maximum Gasteiger partial charge on any atom is 0.260 e. The first-order valence-electron chi connectivity index (χ1n) is 8.85. The molecule has 0 aromatic heterocycles. The fourth-order valence-electron chi connectivity index (χ4n) is 2.51. The molecule has 0 heterocycles. The summed E-state index contributed by atoms with van der Waals surface area (Å²) >= 11 is 0. The Kier molecular flexibility index (Phi) is 7.21. The van der Waals surface area contributed by atoms with Crippen LogP contribution in [0.15, 0.2) is 54.6 Å². The van der Waals surface area contributed by atoms with Gasteiger partial charge in [0.1, 0.15) is 5.75 Å². The number of ether oxygens (including phenoxy) is 1. The van der Waals surface area contributed by atoms with Crippen LogP contribution in [0.4, 0.5) is 0 Å². The van der Waals surface area contributed by atoms with Gasteiger partial charge in [0, 0.05) is 18.7 Å². The molecule has 5 nitrogen and oxygen atoms in total. The summed E-state index contributed by atoms with van der Waals surface area (Å²) in [7, 11) is 0. The van der Waals surface area contributed by atoms with Crippen LogP contribution in [0.2, 0.25) is 0 Å². The average Bonchev–Trinajstić information content (AvgIpc) is 2.65. The molecule has 2 N–H and O–H groups in total. The minimum absolute atomic E-state index is 0.157. The predicted molar refractivity (Wildman–Crippen MR) is 102 cm³/mol. The van der Waals surface area contributed by atoms with Gasteiger partial charge in [-0.15, -0.1) is 0 Å². The minimum Gasteiger partial charge on any atom is -0.481 e. The Labute approximate surface area is 154 Å². The molecule has 0 spiro atoms. The Morgan fingerprint density at radius 2 is 1.50 bits per heavy atom. The highest BCUT2D eigenvalue weighted by atomic mass is 16.5. The van der Waals surface area contributed by atoms with Crippen LogP contribution in [0.3, 0.4) is 0 Å². The largest absolute Gasteiger partial charge is 0.481 e. The summed E-state index contributed by atoms with van der Waals surface area (Å²) in [6, 6.07) is 16.7. The zero-order valence-corrected chi connectivity index (χ0v) is 15.5. The number of carbonyl (C=O) groups excluding carboxylic acids is 2. The molecule has 0 aliphatic heterocycles. The van der Waals surface area contributed by atoms with Crippen LogP contribution in [0.5, 0.6) is 5.75 Å². The van der Waals surface area contributed by atoms with E-state index in [4.69, 9.17) is 4.74 Å². The Bertz CT molecular complexity index is 729. The Morgan fingerprint density at radius 1 is 0.885 bits per heavy atom. The third-order valence-corrected chi connectivity index (χ3v) is 3.96. The first-order valence-corrected chi connectivity index (χ1v) is 8.85. The van der Waals surface area contributed by atoms with Crippen molar-refractivity contribution in [2.45, 2.75) is 32.8 Å². The Hall–Kier alpha value is -2.82. The molecule has 138 valence electrons. The van der Waals surface area contributed by atoms with E-state index in [0.717, 1.165) is 11.3 Å². The van der Waals surface area contributed by atoms with E-state index < -0.39 is 6.10 Å². The maximum absolute atomic E-state index is 12.2. The van der Waals surface area contributed by atoms with Gasteiger partial charge in [0.05, 0.1) is 0 Å². The summed E-state index contributed by atoms with van der Waals surface area (Å²) in [5, 5.41) is 5.55. The third kappa shape index (κ3) is 5.62. The van der Waals surface area contributed by atoms with Gasteiger partial charge >= 0.3 is 0 Å². The van der Waals surface area contributed by atoms with Gasteiger partial charge in [0.15, 0.2) is 6.10 Å². The molecule has 0 bridgehead atoms.